The van der Waals surface area contributed by atoms with Crippen LogP contribution in [0.4, 0.5) is 17.6 Å². The van der Waals surface area contributed by atoms with Crippen LogP contribution in [-0.2, 0) is 117 Å². The molecule has 5 aliphatic heterocycles. The Labute approximate surface area is 663 Å². The summed E-state index contributed by atoms with van der Waals surface area (Å²) in [4.78, 5) is 91.1. The van der Waals surface area contributed by atoms with Crippen LogP contribution >= 0.6 is 15.9 Å². The van der Waals surface area contributed by atoms with E-state index < -0.39 is 113 Å². The molecule has 0 amide bonds. The standard InChI is InChI=1S/C16H20O3.C14H16O4.C14H16O3.C13H16O3.C11H18O3.2C7H10F2O3.C3H5Br/c1-4-11-16(3,19-12-5-2)15(17)18-13-14-9-7-6-8-10-14;1-14(8-7-12(15)10-18-14)13(16)17-9-11-5-3-2-4-6-11;1-14(9-5-6-10-17-14)13(15)16-11-12-7-3-2-4-8-12;1-3-9-13(2,15)12(14)16-10-11-7-5-4-6-8-11;1-6-7-11(5)8(12)13-9(14-11)10(2,3)4;2*1-6(5(10)11)2-3-7(8,9)4-12-6;1-2-3-4/h4-10H,1-2,11-13H2,3H3;2-6H,7-10H2,1H3;2-4,6-8,10H,5,9,11H2,1H3;3-8,15H,1,9-10H2,2H3;6,9H,1,7H2,2-5H3;2*2-4H2,1H3,(H,10,11);2H,1,3H2/t16-;2*14-;13-;9-,11-;2*6-;/m1111111./s1. The van der Waals surface area contributed by atoms with E-state index in [0.29, 0.717) is 45.3 Å². The maximum absolute atomic E-state index is 12.5. The molecule has 8 atom stereocenters. The number of cyclic esters (lactones) is 1. The first kappa shape index (κ1) is 99.1. The average Bonchev–Trinajstić information content (AvgIpc) is 1.61. The zero-order valence-electron chi connectivity index (χ0n) is 65.8. The number of ketones is 1. The van der Waals surface area contributed by atoms with Crippen molar-refractivity contribution in [1.82, 2.24) is 0 Å². The smallest absolute Gasteiger partial charge is 0.350 e. The molecule has 112 heavy (non-hydrogen) atoms. The van der Waals surface area contributed by atoms with Crippen molar-refractivity contribution in [2.45, 2.75) is 224 Å². The molecule has 618 valence electrons. The summed E-state index contributed by atoms with van der Waals surface area (Å²) in [6.45, 7) is 34.2. The van der Waals surface area contributed by atoms with Crippen LogP contribution in [0.3, 0.4) is 0 Å². The van der Waals surface area contributed by atoms with E-state index in [0.717, 1.165) is 34.0 Å². The predicted octanol–water partition coefficient (Wildman–Crippen LogP) is 16.4. The van der Waals surface area contributed by atoms with Crippen LogP contribution in [0.25, 0.3) is 0 Å². The second kappa shape index (κ2) is 47.5. The molecule has 0 unspecified atom stereocenters. The molecule has 5 heterocycles. The lowest BCUT2D eigenvalue weighted by molar-refractivity contribution is -0.201. The fourth-order valence-electron chi connectivity index (χ4n) is 9.64. The van der Waals surface area contributed by atoms with E-state index in [-0.39, 0.29) is 68.8 Å². The van der Waals surface area contributed by atoms with Gasteiger partial charge in [0, 0.05) is 55.7 Å². The second-order valence-electron chi connectivity index (χ2n) is 28.9. The first-order chi connectivity index (χ1) is 52.4. The Balaban J connectivity index is 0.000000442. The first-order valence-corrected chi connectivity index (χ1v) is 37.2. The van der Waals surface area contributed by atoms with Crippen molar-refractivity contribution < 1.29 is 123 Å². The zero-order chi connectivity index (χ0) is 84.5. The number of alkyl halides is 5. The minimum Gasteiger partial charge on any atom is -0.484 e. The van der Waals surface area contributed by atoms with Crippen LogP contribution in [0.2, 0.25) is 0 Å². The van der Waals surface area contributed by atoms with Gasteiger partial charge in [-0.05, 0) is 102 Å². The van der Waals surface area contributed by atoms with Gasteiger partial charge in [-0.15, -0.1) is 32.9 Å². The maximum atomic E-state index is 12.5. The summed E-state index contributed by atoms with van der Waals surface area (Å²) in [5, 5.41) is 27.8. The van der Waals surface area contributed by atoms with Crippen molar-refractivity contribution in [3.05, 3.63) is 219 Å². The largest absolute Gasteiger partial charge is 0.484 e. The third-order valence-corrected chi connectivity index (χ3v) is 17.7. The Morgan fingerprint density at radius 1 is 0.536 bits per heavy atom. The van der Waals surface area contributed by atoms with Gasteiger partial charge in [0.2, 0.25) is 11.9 Å². The highest BCUT2D eigenvalue weighted by Gasteiger charge is 2.51. The molecule has 0 aromatic heterocycles. The number of Topliss-reactive ketones (excluding diaryl/α,β-unsaturated/α-hetero) is 1. The Hall–Kier alpha value is -8.96. The van der Waals surface area contributed by atoms with E-state index in [4.69, 9.17) is 52.8 Å². The lowest BCUT2D eigenvalue weighted by Gasteiger charge is -2.33. The van der Waals surface area contributed by atoms with Gasteiger partial charge in [-0.3, -0.25) is 4.79 Å². The molecule has 0 aliphatic carbocycles. The number of hydrogen-bond acceptors (Lipinski definition) is 20. The number of carbonyl (C=O) groups excluding carboxylic acids is 6. The zero-order valence-corrected chi connectivity index (χ0v) is 67.4. The van der Waals surface area contributed by atoms with Gasteiger partial charge in [0.15, 0.2) is 39.4 Å². The summed E-state index contributed by atoms with van der Waals surface area (Å²) in [5.74, 6) is -10.1. The van der Waals surface area contributed by atoms with Crippen LogP contribution in [0.5, 0.6) is 0 Å². The molecule has 27 heteroatoms. The summed E-state index contributed by atoms with van der Waals surface area (Å²) in [6.07, 6.45) is 13.4. The van der Waals surface area contributed by atoms with E-state index >= 15 is 0 Å². The molecule has 4 fully saturated rings. The Bertz CT molecular complexity index is 3590. The van der Waals surface area contributed by atoms with E-state index in [1.165, 1.54) is 26.8 Å². The number of hydrogen-bond donors (Lipinski definition) is 3. The van der Waals surface area contributed by atoms with Gasteiger partial charge in [0.25, 0.3) is 11.8 Å². The van der Waals surface area contributed by atoms with Gasteiger partial charge in [-0.25, -0.2) is 51.1 Å². The number of carboxylic acid groups (broad SMARTS) is 2. The van der Waals surface area contributed by atoms with Crippen molar-refractivity contribution >= 4 is 63.5 Å². The molecule has 5 aliphatic rings. The van der Waals surface area contributed by atoms with E-state index in [1.54, 1.807) is 58.3 Å². The van der Waals surface area contributed by atoms with Gasteiger partial charge >= 0.3 is 41.8 Å². The molecule has 4 aromatic rings. The van der Waals surface area contributed by atoms with Crippen molar-refractivity contribution in [3.63, 3.8) is 0 Å². The van der Waals surface area contributed by atoms with Crippen LogP contribution in [0, 0.1) is 5.41 Å². The van der Waals surface area contributed by atoms with Gasteiger partial charge in [0.05, 0.1) is 12.9 Å². The minimum atomic E-state index is -2.87. The molecule has 0 bridgehead atoms. The molecule has 0 spiro atoms. The predicted molar refractivity (Wildman–Crippen MR) is 416 cm³/mol. The number of aliphatic hydroxyl groups is 1. The van der Waals surface area contributed by atoms with Crippen molar-refractivity contribution in [3.8, 4) is 0 Å². The van der Waals surface area contributed by atoms with E-state index in [1.807, 2.05) is 148 Å². The number of aliphatic carboxylic acids is 2. The number of allylic oxidation sites excluding steroid dienone is 2. The lowest BCUT2D eigenvalue weighted by Crippen LogP contribution is -2.47. The molecule has 4 saturated heterocycles. The number of ether oxygens (including phenoxy) is 11. The topological polar surface area (TPSA) is 299 Å². The number of esters is 5. The van der Waals surface area contributed by atoms with Gasteiger partial charge in [-0.2, -0.15) is 0 Å². The quantitative estimate of drug-likeness (QED) is 0.0193. The van der Waals surface area contributed by atoms with Crippen LogP contribution in [0.15, 0.2) is 197 Å². The summed E-state index contributed by atoms with van der Waals surface area (Å²) in [7, 11) is 0. The number of carboxylic acids is 2. The summed E-state index contributed by atoms with van der Waals surface area (Å²) < 4.78 is 107. The fraction of sp³-hybridized carbons (Fsp3) is 0.482. The van der Waals surface area contributed by atoms with Crippen LogP contribution in [0.1, 0.15) is 162 Å². The molecular formula is C85H111BrF4O22. The lowest BCUT2D eigenvalue weighted by atomic mass is 9.94. The van der Waals surface area contributed by atoms with Gasteiger partial charge in [0.1, 0.15) is 46.2 Å². The summed E-state index contributed by atoms with van der Waals surface area (Å²) in [6, 6.07) is 38.0. The first-order valence-electron chi connectivity index (χ1n) is 36.1. The normalized spacial score (nSPS) is 23.3. The van der Waals surface area contributed by atoms with Crippen molar-refractivity contribution in [2.24, 2.45) is 5.41 Å². The Morgan fingerprint density at radius 3 is 1.27 bits per heavy atom. The van der Waals surface area contributed by atoms with Crippen LogP contribution < -0.4 is 0 Å². The number of carbonyl (C=O) groups is 8. The molecule has 4 aromatic carbocycles. The van der Waals surface area contributed by atoms with E-state index in [9.17, 15) is 61.0 Å². The molecule has 0 radical (unpaired) electrons. The number of rotatable bonds is 24. The highest BCUT2D eigenvalue weighted by atomic mass is 79.9. The van der Waals surface area contributed by atoms with Gasteiger partial charge < -0.3 is 67.4 Å². The molecule has 3 N–H and O–H groups in total. The highest BCUT2D eigenvalue weighted by molar-refractivity contribution is 9.09. The number of benzene rings is 4. The van der Waals surface area contributed by atoms with Gasteiger partial charge in [-0.1, -0.05) is 188 Å². The molecule has 22 nitrogen and oxygen atoms in total. The highest BCUT2D eigenvalue weighted by Crippen LogP contribution is 2.38. The summed E-state index contributed by atoms with van der Waals surface area (Å²) >= 11 is 3.13. The van der Waals surface area contributed by atoms with E-state index in [2.05, 4.69) is 58.3 Å². The monoisotopic (exact) mass is 1640 g/mol. The average molecular weight is 1640 g/mol. The third kappa shape index (κ3) is 35.8. The van der Waals surface area contributed by atoms with Crippen molar-refractivity contribution in [1.29, 1.82) is 0 Å². The maximum Gasteiger partial charge on any atom is 0.350 e. The number of halogens is 5. The second-order valence-corrected chi connectivity index (χ2v) is 29.6. The Kier molecular flexibility index (Phi) is 42.1. The third-order valence-electron chi connectivity index (χ3n) is 17.2. The molecular weight excluding hydrogens is 1530 g/mol. The van der Waals surface area contributed by atoms with Crippen LogP contribution in [-0.4, -0.2) is 152 Å². The summed E-state index contributed by atoms with van der Waals surface area (Å²) in [5.41, 5.74) is -4.45. The fourth-order valence-corrected chi connectivity index (χ4v) is 9.64. The van der Waals surface area contributed by atoms with Crippen molar-refractivity contribution in [2.75, 3.05) is 31.8 Å². The molecule has 0 saturated carbocycles. The SMILES string of the molecule is C=CCBr.C=CCO[C@](C)(CC=C)C(=O)OCc1ccccc1.C=CC[C@@](C)(O)C(=O)OCc1ccccc1.C=CC[C@@]1(C)O[C@H](C(C)(C)C)OC1=O.C[C@]1(C(=O)O)CCC(F)(F)CO1.C[C@]1(C(=O)O)CCC(F)(F)CO1.C[C@]1(C(=O)OCc2ccccc2)CCC(=O)CO1.C[C@]1(C(=O)OCc2ccccc2)CCC=CO1. The minimum absolute atomic E-state index is 0.00304. The Morgan fingerprint density at radius 2 is 0.946 bits per heavy atom. The molecule has 9 rings (SSSR count).